The molecule has 0 aromatic heterocycles. The summed E-state index contributed by atoms with van der Waals surface area (Å²) in [4.78, 5) is 110. The first-order valence-corrected chi connectivity index (χ1v) is 24.4. The van der Waals surface area contributed by atoms with Gasteiger partial charge >= 0.3 is 58.6 Å². The van der Waals surface area contributed by atoms with Gasteiger partial charge in [-0.2, -0.15) is 5.70 Å². The molecule has 8 bridgehead atoms. The van der Waals surface area contributed by atoms with Gasteiger partial charge in [0.05, 0.1) is 69.0 Å². The molecule has 75 heavy (non-hydrogen) atoms. The van der Waals surface area contributed by atoms with Crippen molar-refractivity contribution in [3.63, 3.8) is 0 Å². The molecule has 0 aliphatic carbocycles. The molecule has 412 valence electrons. The average Bonchev–Trinajstić information content (AvgIpc) is 4.01. The molecule has 0 aromatic rings. The Morgan fingerprint density at radius 2 is 1.03 bits per heavy atom. The van der Waals surface area contributed by atoms with Crippen LogP contribution in [0.25, 0.3) is 5.32 Å². The van der Waals surface area contributed by atoms with Gasteiger partial charge in [-0.3, -0.25) is 48.5 Å². The van der Waals surface area contributed by atoms with Crippen LogP contribution >= 0.6 is 0 Å². The van der Waals surface area contributed by atoms with Crippen LogP contribution in [0.2, 0.25) is 0 Å². The van der Waals surface area contributed by atoms with E-state index in [9.17, 15) is 33.6 Å². The van der Waals surface area contributed by atoms with E-state index in [0.717, 1.165) is 0 Å². The van der Waals surface area contributed by atoms with Gasteiger partial charge in [-0.15, -0.1) is 0 Å². The first-order chi connectivity index (χ1) is 34.8. The summed E-state index contributed by atoms with van der Waals surface area (Å²) in [5.41, 5.74) is -0.993. The zero-order chi connectivity index (χ0) is 56.3. The second-order valence-electron chi connectivity index (χ2n) is 20.7. The summed E-state index contributed by atoms with van der Waals surface area (Å²) in [6, 6.07) is -0.898. The molecule has 0 N–H and O–H groups in total. The van der Waals surface area contributed by atoms with E-state index in [0.29, 0.717) is 51.8 Å². The predicted molar refractivity (Wildman–Crippen MR) is 268 cm³/mol. The average molecular weight is 1090 g/mol. The number of methoxy groups -OCH3 is 7. The van der Waals surface area contributed by atoms with E-state index >= 15 is 0 Å². The molecule has 1 fully saturated rings. The standard InChI is InChI=1S/C52H73N4O14.2CN.Co/c1-28-43-31(17-20-37(58)65-10)48(3,4)35(54-43)25-34-30(16-19-36(57)64-9)50(6,26-41(62)69-14)46(53-34)29(2)44-32(18-21-38(59)66-11)51(7,27-42(63)70-15)52(8,56-44)47-33(24-40(61)68-13)49(5,45(28)55-47)23-22-39(60)67-12;2*1-2;/h25,30-33,47H,16-24,26-27H2,1-15H3;;;/q3*-1;+3/t30-,31-,32-,33+,47?,49-,50+,51+,52+;;;/m1.../s1. The number of fused-ring (bicyclic) bond motifs is 6. The summed E-state index contributed by atoms with van der Waals surface area (Å²) >= 11 is 0. The first-order valence-electron chi connectivity index (χ1n) is 24.4. The summed E-state index contributed by atoms with van der Waals surface area (Å²) in [7, 11) is 9.17. The quantitative estimate of drug-likeness (QED) is 0.0729. The molecule has 0 radical (unpaired) electrons. The zero-order valence-electron chi connectivity index (χ0n) is 46.0. The fraction of sp³-hybridized carbons (Fsp3) is 0.667. The zero-order valence-corrected chi connectivity index (χ0v) is 47.0. The van der Waals surface area contributed by atoms with Crippen LogP contribution in [0.5, 0.6) is 0 Å². The van der Waals surface area contributed by atoms with E-state index in [2.05, 4.69) is 0 Å². The van der Waals surface area contributed by atoms with Crippen LogP contribution in [0.15, 0.2) is 49.3 Å². The van der Waals surface area contributed by atoms with Crippen molar-refractivity contribution in [2.24, 2.45) is 60.3 Å². The van der Waals surface area contributed by atoms with Crippen LogP contribution in [0.3, 0.4) is 0 Å². The van der Waals surface area contributed by atoms with Gasteiger partial charge in [0.1, 0.15) is 0 Å². The van der Waals surface area contributed by atoms with E-state index in [1.807, 2.05) is 61.5 Å². The number of allylic oxidation sites excluding steroid dienone is 6. The molecule has 0 aromatic carbocycles. The van der Waals surface area contributed by atoms with Crippen LogP contribution in [-0.4, -0.2) is 120 Å². The number of hydrogen-bond acceptors (Lipinski definition) is 19. The van der Waals surface area contributed by atoms with Crippen molar-refractivity contribution in [1.29, 1.82) is 10.5 Å². The number of carbonyl (C=O) groups is 7. The van der Waals surface area contributed by atoms with Crippen molar-refractivity contribution in [2.75, 3.05) is 49.8 Å². The normalized spacial score (nSPS) is 31.3. The second-order valence-corrected chi connectivity index (χ2v) is 20.7. The van der Waals surface area contributed by atoms with E-state index in [4.69, 9.17) is 77.1 Å². The summed E-state index contributed by atoms with van der Waals surface area (Å²) < 4.78 is 36.7. The van der Waals surface area contributed by atoms with E-state index in [1.54, 1.807) is 0 Å². The Morgan fingerprint density at radius 1 is 0.573 bits per heavy atom. The number of nitrogens with zero attached hydrogens (tertiary/aromatic N) is 6. The van der Waals surface area contributed by atoms with Crippen LogP contribution in [0.4, 0.5) is 0 Å². The van der Waals surface area contributed by atoms with Crippen molar-refractivity contribution in [3.8, 4) is 0 Å². The molecule has 0 spiro atoms. The van der Waals surface area contributed by atoms with Crippen molar-refractivity contribution in [3.05, 3.63) is 52.8 Å². The molecule has 0 amide bonds. The smallest absolute Gasteiger partial charge is 0.680 e. The van der Waals surface area contributed by atoms with Gasteiger partial charge in [-0.1, -0.05) is 47.1 Å². The van der Waals surface area contributed by atoms with E-state index in [1.165, 1.54) is 49.8 Å². The summed E-state index contributed by atoms with van der Waals surface area (Å²) in [5.74, 6) is -5.83. The minimum atomic E-state index is -1.38. The Kier molecular flexibility index (Phi) is 23.0. The van der Waals surface area contributed by atoms with Gasteiger partial charge in [0, 0.05) is 94.3 Å². The molecule has 5 aliphatic heterocycles. The molecule has 21 heteroatoms. The van der Waals surface area contributed by atoms with Crippen molar-refractivity contribution < 1.29 is 83.5 Å². The van der Waals surface area contributed by atoms with Gasteiger partial charge in [0.2, 0.25) is 0 Å². The summed E-state index contributed by atoms with van der Waals surface area (Å²) in [6.07, 6.45) is 2.21. The minimum Gasteiger partial charge on any atom is -0.680 e. The molecule has 0 saturated carbocycles. The molecule has 1 saturated heterocycles. The molecule has 5 rings (SSSR count). The van der Waals surface area contributed by atoms with E-state index < -0.39 is 98.7 Å². The van der Waals surface area contributed by atoms with Gasteiger partial charge in [-0.05, 0) is 68.1 Å². The fourth-order valence-corrected chi connectivity index (χ4v) is 12.2. The Hall–Kier alpha value is -6.19. The largest absolute Gasteiger partial charge is 3.00 e. The maximum absolute atomic E-state index is 14.0. The number of carbonyl (C=O) groups excluding carboxylic acids is 7. The first kappa shape index (κ1) is 64.9. The molecule has 20 nitrogen and oxygen atoms in total. The van der Waals surface area contributed by atoms with Crippen molar-refractivity contribution in [1.82, 2.24) is 0 Å². The number of rotatable bonds is 18. The number of hydrogen-bond donors (Lipinski definition) is 0. The van der Waals surface area contributed by atoms with Crippen molar-refractivity contribution in [2.45, 2.75) is 138 Å². The molecular weight excluding hydrogens is 1020 g/mol. The molecule has 9 atom stereocenters. The SMILES string of the molecule is COC(=O)CC[C@@H]1/C2=C(\C)C3=NC([C@H](CC(=O)OC)[C@@]3(C)CCC(=O)OC)[C@]3(C)[N-]/C(=C(/C)C4=N/C(=C\C(=N2)C1(C)C)[C@@H](CCC(=O)OC)[C@]4(C)CC(=O)OC)[C@@H](CCC(=O)OC)[C@]3(C)CC(=O)OC.[C-]#N.[C-]#N.[Co+3]. The fourth-order valence-electron chi connectivity index (χ4n) is 12.2. The second kappa shape index (κ2) is 26.5. The maximum atomic E-state index is 14.0. The van der Waals surface area contributed by atoms with Crippen LogP contribution in [0.1, 0.15) is 126 Å². The third-order valence-corrected chi connectivity index (χ3v) is 16.7. The van der Waals surface area contributed by atoms with E-state index in [-0.39, 0.29) is 81.0 Å². The Labute approximate surface area is 451 Å². The number of esters is 7. The summed E-state index contributed by atoms with van der Waals surface area (Å²) in [5, 5.41) is 18.2. The molecule has 5 heterocycles. The predicted octanol–water partition coefficient (Wildman–Crippen LogP) is 7.51. The van der Waals surface area contributed by atoms with Crippen LogP contribution in [0, 0.1) is 69.0 Å². The molecule has 1 unspecified atom stereocenters. The maximum Gasteiger partial charge on any atom is 3.00 e. The Bertz CT molecular complexity index is 2450. The topological polar surface area (TPSA) is 283 Å². The molecule has 5 aliphatic rings. The Balaban J connectivity index is 0.00000376. The van der Waals surface area contributed by atoms with Crippen LogP contribution in [-0.2, 0) is 83.5 Å². The van der Waals surface area contributed by atoms with Gasteiger partial charge in [0.25, 0.3) is 0 Å². The summed E-state index contributed by atoms with van der Waals surface area (Å²) in [6.45, 7) is 25.1. The van der Waals surface area contributed by atoms with Gasteiger partial charge in [0.15, 0.2) is 0 Å². The van der Waals surface area contributed by atoms with Crippen LogP contribution < -0.4 is 0 Å². The van der Waals surface area contributed by atoms with Crippen molar-refractivity contribution >= 4 is 58.9 Å². The number of aliphatic imine (C=N–C) groups is 3. The minimum absolute atomic E-state index is 0. The Morgan fingerprint density at radius 3 is 1.52 bits per heavy atom. The third kappa shape index (κ3) is 12.6. The third-order valence-electron chi connectivity index (χ3n) is 16.7. The molecular formula is C54H73CoN6O14. The van der Waals surface area contributed by atoms with Gasteiger partial charge < -0.3 is 62.1 Å². The number of ether oxygens (including phenoxy) is 7. The van der Waals surface area contributed by atoms with Gasteiger partial charge in [-0.25, -0.2) is 0 Å². The monoisotopic (exact) mass is 1090 g/mol.